The highest BCUT2D eigenvalue weighted by Gasteiger charge is 2.35. The van der Waals surface area contributed by atoms with Gasteiger partial charge >= 0.3 is 12.1 Å². The molecule has 2 atom stereocenters. The van der Waals surface area contributed by atoms with E-state index in [0.717, 1.165) is 25.1 Å². The number of hydrogen-bond donors (Lipinski definition) is 0. The number of alkyl halides is 3. The first-order valence-corrected chi connectivity index (χ1v) is 11.1. The van der Waals surface area contributed by atoms with Gasteiger partial charge in [-0.2, -0.15) is 13.2 Å². The van der Waals surface area contributed by atoms with E-state index in [1.165, 1.54) is 13.8 Å². The van der Waals surface area contributed by atoms with E-state index < -0.39 is 52.9 Å². The number of aromatic nitrogens is 1. The summed E-state index contributed by atoms with van der Waals surface area (Å²) in [7, 11) is -3.93. The fraction of sp³-hybridized carbons (Fsp3) is 0.333. The van der Waals surface area contributed by atoms with Crippen LogP contribution in [0.2, 0.25) is 5.02 Å². The van der Waals surface area contributed by atoms with Crippen LogP contribution in [0, 0.1) is 10.1 Å². The lowest BCUT2D eigenvalue weighted by atomic mass is 10.3. The number of ether oxygens (including phenoxy) is 2. The lowest BCUT2D eigenvalue weighted by Crippen LogP contribution is -2.21. The first-order valence-electron chi connectivity index (χ1n) is 8.91. The number of benzene rings is 1. The maximum atomic E-state index is 13.4. The van der Waals surface area contributed by atoms with E-state index in [-0.39, 0.29) is 17.2 Å². The molecule has 0 radical (unpaired) electrons. The summed E-state index contributed by atoms with van der Waals surface area (Å²) in [6.07, 6.45) is -5.62. The Kier molecular flexibility index (Phi) is 7.87. The van der Waals surface area contributed by atoms with Crippen molar-refractivity contribution in [2.24, 2.45) is 0 Å². The average molecular weight is 497 g/mol. The monoisotopic (exact) mass is 496 g/mol. The van der Waals surface area contributed by atoms with E-state index in [4.69, 9.17) is 25.6 Å². The number of nitro groups is 1. The number of carbonyl (C=O) groups is 1. The van der Waals surface area contributed by atoms with Crippen molar-refractivity contribution in [1.29, 1.82) is 0 Å². The molecule has 0 saturated heterocycles. The van der Waals surface area contributed by atoms with Crippen LogP contribution in [0.25, 0.3) is 0 Å². The van der Waals surface area contributed by atoms with Crippen molar-refractivity contribution in [2.45, 2.75) is 33.2 Å². The van der Waals surface area contributed by atoms with Crippen LogP contribution in [0.1, 0.15) is 26.3 Å². The molecule has 2 aromatic rings. The second-order valence-corrected chi connectivity index (χ2v) is 9.37. The van der Waals surface area contributed by atoms with Crippen molar-refractivity contribution in [3.05, 3.63) is 51.2 Å². The molecule has 0 saturated carbocycles. The molecule has 1 aromatic carbocycles. The Bertz CT molecular complexity index is 1080. The quantitative estimate of drug-likeness (QED) is 0.159. The molecule has 0 fully saturated rings. The number of carbonyl (C=O) groups excluding carboxylic acids is 1. The standard InChI is InChI=1S/C18H17ClF3N2O7P/c1-4-32(28,31-11(3)29-10(2)25)16-8-13(5-6-15(16)24(26)27)30-17-14(19)7-12(9-23-17)18(20,21)22/h5-9,11H,4H2,1-3H3. The van der Waals surface area contributed by atoms with Gasteiger partial charge in [-0.15, -0.1) is 0 Å². The SMILES string of the molecule is CCP(=O)(OC(C)OC(C)=O)c1cc(Oc2ncc(C(F)(F)F)cc2Cl)ccc1[N+](=O)[O-]. The number of nitro benzene ring substituents is 1. The van der Waals surface area contributed by atoms with Gasteiger partial charge in [0.1, 0.15) is 16.1 Å². The Morgan fingerprint density at radius 3 is 2.50 bits per heavy atom. The van der Waals surface area contributed by atoms with Crippen molar-refractivity contribution in [3.8, 4) is 11.6 Å². The Morgan fingerprint density at radius 1 is 1.34 bits per heavy atom. The molecule has 0 spiro atoms. The summed E-state index contributed by atoms with van der Waals surface area (Å²) in [5.74, 6) is -1.26. The molecular weight excluding hydrogens is 480 g/mol. The first kappa shape index (κ1) is 25.6. The molecular formula is C18H17ClF3N2O7P. The third-order valence-corrected chi connectivity index (χ3v) is 6.76. The van der Waals surface area contributed by atoms with Crippen molar-refractivity contribution < 1.29 is 41.5 Å². The van der Waals surface area contributed by atoms with E-state index in [2.05, 4.69) is 4.98 Å². The normalized spacial score (nSPS) is 14.3. The van der Waals surface area contributed by atoms with Gasteiger partial charge in [-0.1, -0.05) is 18.5 Å². The van der Waals surface area contributed by atoms with E-state index in [9.17, 15) is 32.6 Å². The zero-order valence-corrected chi connectivity index (χ0v) is 18.5. The summed E-state index contributed by atoms with van der Waals surface area (Å²) in [5.41, 5.74) is -1.65. The Labute approximate surface area is 185 Å². The van der Waals surface area contributed by atoms with E-state index in [1.807, 2.05) is 0 Å². The predicted molar refractivity (Wildman–Crippen MR) is 108 cm³/mol. The van der Waals surface area contributed by atoms with Crippen molar-refractivity contribution >= 4 is 35.9 Å². The third kappa shape index (κ3) is 6.18. The molecule has 2 unspecified atom stereocenters. The fourth-order valence-electron chi connectivity index (χ4n) is 2.56. The smallest absolute Gasteiger partial charge is 0.417 e. The van der Waals surface area contributed by atoms with Crippen molar-refractivity contribution in [3.63, 3.8) is 0 Å². The largest absolute Gasteiger partial charge is 0.438 e. The average Bonchev–Trinajstić information content (AvgIpc) is 2.67. The van der Waals surface area contributed by atoms with Crippen LogP contribution in [0.15, 0.2) is 30.5 Å². The molecule has 2 rings (SSSR count). The summed E-state index contributed by atoms with van der Waals surface area (Å²) in [6, 6.07) is 3.77. The minimum Gasteiger partial charge on any atom is -0.438 e. The highest BCUT2D eigenvalue weighted by Crippen LogP contribution is 2.50. The third-order valence-electron chi connectivity index (χ3n) is 3.93. The van der Waals surface area contributed by atoms with Gasteiger partial charge < -0.3 is 9.47 Å². The zero-order valence-electron chi connectivity index (χ0n) is 16.9. The van der Waals surface area contributed by atoms with Gasteiger partial charge in [0.05, 0.1) is 10.5 Å². The van der Waals surface area contributed by atoms with Crippen LogP contribution in [0.4, 0.5) is 18.9 Å². The lowest BCUT2D eigenvalue weighted by molar-refractivity contribution is -0.383. The van der Waals surface area contributed by atoms with E-state index >= 15 is 0 Å². The molecule has 0 aliphatic carbocycles. The molecule has 174 valence electrons. The Hall–Kier alpha value is -2.69. The second kappa shape index (κ2) is 9.85. The number of halogens is 4. The molecule has 14 heteroatoms. The molecule has 0 aliphatic heterocycles. The minimum absolute atomic E-state index is 0.142. The van der Waals surface area contributed by atoms with Gasteiger partial charge in [-0.25, -0.2) is 4.98 Å². The number of rotatable bonds is 8. The maximum absolute atomic E-state index is 13.4. The Balaban J connectivity index is 2.46. The molecule has 1 aromatic heterocycles. The molecule has 0 aliphatic rings. The fourth-order valence-corrected chi connectivity index (χ4v) is 4.72. The summed E-state index contributed by atoms with van der Waals surface area (Å²) in [5, 5.41) is 10.7. The number of hydrogen-bond acceptors (Lipinski definition) is 8. The van der Waals surface area contributed by atoms with Crippen LogP contribution in [-0.2, 0) is 24.8 Å². The molecule has 0 bridgehead atoms. The molecule has 0 amide bonds. The molecule has 9 nitrogen and oxygen atoms in total. The number of nitrogens with zero attached hydrogens (tertiary/aromatic N) is 2. The van der Waals surface area contributed by atoms with Crippen LogP contribution in [0.5, 0.6) is 11.6 Å². The van der Waals surface area contributed by atoms with Crippen molar-refractivity contribution in [1.82, 2.24) is 4.98 Å². The van der Waals surface area contributed by atoms with Gasteiger partial charge in [0.25, 0.3) is 5.69 Å². The Morgan fingerprint density at radius 2 is 2.00 bits per heavy atom. The molecule has 1 heterocycles. The minimum atomic E-state index is -4.67. The molecule has 32 heavy (non-hydrogen) atoms. The van der Waals surface area contributed by atoms with E-state index in [1.54, 1.807) is 0 Å². The summed E-state index contributed by atoms with van der Waals surface area (Å²) in [4.78, 5) is 25.3. The van der Waals surface area contributed by atoms with Crippen LogP contribution in [-0.4, -0.2) is 28.3 Å². The number of esters is 1. The summed E-state index contributed by atoms with van der Waals surface area (Å²) < 4.78 is 67.2. The highest BCUT2D eigenvalue weighted by molar-refractivity contribution is 7.67. The van der Waals surface area contributed by atoms with Gasteiger partial charge in [0.15, 0.2) is 0 Å². The van der Waals surface area contributed by atoms with Gasteiger partial charge in [-0.05, 0) is 19.1 Å². The van der Waals surface area contributed by atoms with Gasteiger partial charge in [0, 0.05) is 31.4 Å². The predicted octanol–water partition coefficient (Wildman–Crippen LogP) is 5.30. The maximum Gasteiger partial charge on any atom is 0.417 e. The van der Waals surface area contributed by atoms with Gasteiger partial charge in [-0.3, -0.25) is 24.0 Å². The topological polar surface area (TPSA) is 118 Å². The van der Waals surface area contributed by atoms with Crippen LogP contribution in [0.3, 0.4) is 0 Å². The first-order chi connectivity index (χ1) is 14.8. The summed E-state index contributed by atoms with van der Waals surface area (Å²) >= 11 is 5.82. The highest BCUT2D eigenvalue weighted by atomic mass is 35.5. The van der Waals surface area contributed by atoms with Crippen LogP contribution >= 0.6 is 19.0 Å². The molecule has 0 N–H and O–H groups in total. The van der Waals surface area contributed by atoms with Crippen molar-refractivity contribution in [2.75, 3.05) is 6.16 Å². The zero-order chi connectivity index (χ0) is 24.3. The summed E-state index contributed by atoms with van der Waals surface area (Å²) in [6.45, 7) is 3.85. The van der Waals surface area contributed by atoms with Crippen LogP contribution < -0.4 is 10.0 Å². The van der Waals surface area contributed by atoms with Gasteiger partial charge in [0.2, 0.25) is 19.5 Å². The van der Waals surface area contributed by atoms with E-state index in [0.29, 0.717) is 12.3 Å². The number of pyridine rings is 1. The lowest BCUT2D eigenvalue weighted by Gasteiger charge is -2.22. The second-order valence-electron chi connectivity index (χ2n) is 6.29.